The molecule has 0 aromatic heterocycles. The maximum absolute atomic E-state index is 13.4. The highest BCUT2D eigenvalue weighted by Crippen LogP contribution is 2.14. The predicted octanol–water partition coefficient (Wildman–Crippen LogP) is 2.31. The Morgan fingerprint density at radius 2 is 1.83 bits per heavy atom. The van der Waals surface area contributed by atoms with Gasteiger partial charge in [-0.25, -0.2) is 9.82 Å². The molecule has 0 unspecified atom stereocenters. The molecule has 2 aromatic carbocycles. The fraction of sp³-hybridized carbons (Fsp3) is 0.118. The van der Waals surface area contributed by atoms with E-state index in [2.05, 4.69) is 15.8 Å². The minimum atomic E-state index is -0.634. The molecule has 6 nitrogen and oxygen atoms in total. The molecule has 0 saturated carbocycles. The first-order chi connectivity index (χ1) is 11.6. The van der Waals surface area contributed by atoms with Crippen molar-refractivity contribution in [2.75, 3.05) is 12.4 Å². The fourth-order valence-corrected chi connectivity index (χ4v) is 1.89. The van der Waals surface area contributed by atoms with Crippen molar-refractivity contribution in [3.05, 3.63) is 59.9 Å². The zero-order chi connectivity index (χ0) is 17.4. The Hall–Kier alpha value is -3.22. The van der Waals surface area contributed by atoms with Crippen LogP contribution in [0.5, 0.6) is 5.75 Å². The standard InChI is InChI=1S/C17H16FN3O3/c1-24-15-9-5-2-6-12(15)11-19-21-17(23)10-16(22)20-14-8-4-3-7-13(14)18/h2-9,11H,10H2,1H3,(H,20,22)(H,21,23). The summed E-state index contributed by atoms with van der Waals surface area (Å²) in [4.78, 5) is 23.4. The van der Waals surface area contributed by atoms with Crippen LogP contribution in [0.1, 0.15) is 12.0 Å². The highest BCUT2D eigenvalue weighted by Gasteiger charge is 2.11. The number of anilines is 1. The highest BCUT2D eigenvalue weighted by molar-refractivity contribution is 6.03. The number of carbonyl (C=O) groups excluding carboxylic acids is 2. The van der Waals surface area contributed by atoms with Crippen LogP contribution in [0.25, 0.3) is 0 Å². The Morgan fingerprint density at radius 3 is 2.58 bits per heavy atom. The number of benzene rings is 2. The van der Waals surface area contributed by atoms with Crippen molar-refractivity contribution in [3.8, 4) is 5.75 Å². The number of nitrogens with one attached hydrogen (secondary N) is 2. The topological polar surface area (TPSA) is 79.8 Å². The van der Waals surface area contributed by atoms with E-state index < -0.39 is 24.1 Å². The van der Waals surface area contributed by atoms with Crippen molar-refractivity contribution >= 4 is 23.7 Å². The average molecular weight is 329 g/mol. The largest absolute Gasteiger partial charge is 0.496 e. The summed E-state index contributed by atoms with van der Waals surface area (Å²) in [6.45, 7) is 0. The number of nitrogens with zero attached hydrogens (tertiary/aromatic N) is 1. The van der Waals surface area contributed by atoms with Gasteiger partial charge in [0.15, 0.2) is 0 Å². The lowest BCUT2D eigenvalue weighted by atomic mass is 10.2. The van der Waals surface area contributed by atoms with Crippen molar-refractivity contribution < 1.29 is 18.7 Å². The minimum absolute atomic E-state index is 0.0211. The quantitative estimate of drug-likeness (QED) is 0.485. The number of halogens is 1. The number of ether oxygens (including phenoxy) is 1. The van der Waals surface area contributed by atoms with Gasteiger partial charge < -0.3 is 10.1 Å². The van der Waals surface area contributed by atoms with Gasteiger partial charge >= 0.3 is 0 Å². The summed E-state index contributed by atoms with van der Waals surface area (Å²) < 4.78 is 18.5. The number of amides is 2. The van der Waals surface area contributed by atoms with E-state index in [1.807, 2.05) is 6.07 Å². The van der Waals surface area contributed by atoms with Gasteiger partial charge in [-0.2, -0.15) is 5.10 Å². The molecule has 0 aliphatic heterocycles. The first kappa shape index (κ1) is 17.1. The van der Waals surface area contributed by atoms with Crippen LogP contribution < -0.4 is 15.5 Å². The fourth-order valence-electron chi connectivity index (χ4n) is 1.89. The molecular formula is C17H16FN3O3. The Morgan fingerprint density at radius 1 is 1.12 bits per heavy atom. The Balaban J connectivity index is 1.86. The Labute approximate surface area is 138 Å². The van der Waals surface area contributed by atoms with Gasteiger partial charge in [0, 0.05) is 5.56 Å². The third-order valence-electron chi connectivity index (χ3n) is 3.00. The molecule has 0 radical (unpaired) electrons. The van der Waals surface area contributed by atoms with Gasteiger partial charge in [-0.15, -0.1) is 0 Å². The first-order valence-corrected chi connectivity index (χ1v) is 7.09. The lowest BCUT2D eigenvalue weighted by molar-refractivity contribution is -0.126. The molecule has 2 rings (SSSR count). The zero-order valence-corrected chi connectivity index (χ0v) is 13.0. The molecule has 24 heavy (non-hydrogen) atoms. The number of methoxy groups -OCH3 is 1. The number of hydrogen-bond acceptors (Lipinski definition) is 4. The van der Waals surface area contributed by atoms with Crippen LogP contribution in [0.15, 0.2) is 53.6 Å². The number of para-hydroxylation sites is 2. The lowest BCUT2D eigenvalue weighted by Crippen LogP contribution is -2.25. The summed E-state index contributed by atoms with van der Waals surface area (Å²) in [5.74, 6) is -1.21. The second-order valence-corrected chi connectivity index (χ2v) is 4.74. The van der Waals surface area contributed by atoms with E-state index in [9.17, 15) is 14.0 Å². The third kappa shape index (κ3) is 4.91. The SMILES string of the molecule is COc1ccccc1C=NNC(=O)CC(=O)Nc1ccccc1F. The summed E-state index contributed by atoms with van der Waals surface area (Å²) in [6.07, 6.45) is 0.934. The molecule has 0 saturated heterocycles. The second kappa shape index (κ2) is 8.42. The van der Waals surface area contributed by atoms with E-state index in [0.717, 1.165) is 0 Å². The number of rotatable bonds is 6. The van der Waals surface area contributed by atoms with Gasteiger partial charge in [0.05, 0.1) is 19.0 Å². The highest BCUT2D eigenvalue weighted by atomic mass is 19.1. The molecule has 2 amide bonds. The average Bonchev–Trinajstić information content (AvgIpc) is 2.57. The van der Waals surface area contributed by atoms with Gasteiger partial charge in [-0.3, -0.25) is 9.59 Å². The van der Waals surface area contributed by atoms with E-state index in [4.69, 9.17) is 4.74 Å². The normalized spacial score (nSPS) is 10.4. The summed E-state index contributed by atoms with van der Waals surface area (Å²) in [6, 6.07) is 12.8. The van der Waals surface area contributed by atoms with Crippen molar-refractivity contribution in [2.45, 2.75) is 6.42 Å². The molecule has 0 heterocycles. The van der Waals surface area contributed by atoms with Gasteiger partial charge in [-0.1, -0.05) is 24.3 Å². The lowest BCUT2D eigenvalue weighted by Gasteiger charge is -2.05. The van der Waals surface area contributed by atoms with Crippen LogP contribution in [0.4, 0.5) is 10.1 Å². The van der Waals surface area contributed by atoms with Crippen LogP contribution in [-0.4, -0.2) is 25.1 Å². The van der Waals surface area contributed by atoms with Gasteiger partial charge in [-0.05, 0) is 24.3 Å². The predicted molar refractivity (Wildman–Crippen MR) is 88.4 cm³/mol. The molecule has 0 atom stereocenters. The monoisotopic (exact) mass is 329 g/mol. The molecule has 124 valence electrons. The zero-order valence-electron chi connectivity index (χ0n) is 13.0. The maximum atomic E-state index is 13.4. The third-order valence-corrected chi connectivity index (χ3v) is 3.00. The van der Waals surface area contributed by atoms with Crippen molar-refractivity contribution in [1.82, 2.24) is 5.43 Å². The van der Waals surface area contributed by atoms with Crippen LogP contribution in [-0.2, 0) is 9.59 Å². The summed E-state index contributed by atoms with van der Waals surface area (Å²) in [5.41, 5.74) is 2.93. The van der Waals surface area contributed by atoms with Crippen molar-refractivity contribution in [1.29, 1.82) is 0 Å². The number of hydrogen-bond donors (Lipinski definition) is 2. The minimum Gasteiger partial charge on any atom is -0.496 e. The van der Waals surface area contributed by atoms with Gasteiger partial charge in [0.25, 0.3) is 0 Å². The Kier molecular flexibility index (Phi) is 6.01. The van der Waals surface area contributed by atoms with Crippen LogP contribution in [0.2, 0.25) is 0 Å². The van der Waals surface area contributed by atoms with E-state index in [1.165, 1.54) is 31.5 Å². The van der Waals surface area contributed by atoms with E-state index >= 15 is 0 Å². The molecule has 0 bridgehead atoms. The van der Waals surface area contributed by atoms with Crippen LogP contribution in [0.3, 0.4) is 0 Å². The Bertz CT molecular complexity index is 762. The number of carbonyl (C=O) groups is 2. The van der Waals surface area contributed by atoms with Gasteiger partial charge in [0.1, 0.15) is 18.0 Å². The summed E-state index contributed by atoms with van der Waals surface area (Å²) >= 11 is 0. The van der Waals surface area contributed by atoms with E-state index in [-0.39, 0.29) is 5.69 Å². The molecule has 0 aliphatic rings. The van der Waals surface area contributed by atoms with Crippen LogP contribution in [0, 0.1) is 5.82 Å². The maximum Gasteiger partial charge on any atom is 0.249 e. The number of hydrazone groups is 1. The van der Waals surface area contributed by atoms with E-state index in [1.54, 1.807) is 24.3 Å². The van der Waals surface area contributed by atoms with E-state index in [0.29, 0.717) is 11.3 Å². The smallest absolute Gasteiger partial charge is 0.249 e. The van der Waals surface area contributed by atoms with Crippen LogP contribution >= 0.6 is 0 Å². The molecule has 0 aliphatic carbocycles. The first-order valence-electron chi connectivity index (χ1n) is 7.09. The second-order valence-electron chi connectivity index (χ2n) is 4.74. The summed E-state index contributed by atoms with van der Waals surface area (Å²) in [5, 5.41) is 6.09. The molecule has 2 N–H and O–H groups in total. The molecule has 0 spiro atoms. The van der Waals surface area contributed by atoms with Crippen molar-refractivity contribution in [2.24, 2.45) is 5.10 Å². The molecule has 0 fully saturated rings. The molecular weight excluding hydrogens is 313 g/mol. The molecule has 7 heteroatoms. The van der Waals surface area contributed by atoms with Gasteiger partial charge in [0.2, 0.25) is 11.8 Å². The summed E-state index contributed by atoms with van der Waals surface area (Å²) in [7, 11) is 1.53. The van der Waals surface area contributed by atoms with Crippen molar-refractivity contribution in [3.63, 3.8) is 0 Å². The molecule has 2 aromatic rings.